The second kappa shape index (κ2) is 6.63. The minimum atomic E-state index is -0.0689. The molecule has 3 heterocycles. The summed E-state index contributed by atoms with van der Waals surface area (Å²) in [6.07, 6.45) is 4.55. The Labute approximate surface area is 154 Å². The molecule has 26 heavy (non-hydrogen) atoms. The summed E-state index contributed by atoms with van der Waals surface area (Å²) < 4.78 is 0. The number of aromatic nitrogens is 1. The van der Waals surface area contributed by atoms with E-state index in [1.165, 1.54) is 0 Å². The van der Waals surface area contributed by atoms with Crippen LogP contribution in [-0.2, 0) is 4.79 Å². The van der Waals surface area contributed by atoms with Crippen molar-refractivity contribution in [2.75, 3.05) is 26.7 Å². The zero-order valence-electron chi connectivity index (χ0n) is 15.1. The monoisotopic (exact) mass is 351 g/mol. The summed E-state index contributed by atoms with van der Waals surface area (Å²) in [5.74, 6) is 0.219. The fraction of sp³-hybridized carbons (Fsp3) is 0.429. The maximum atomic E-state index is 12.7. The Morgan fingerprint density at radius 3 is 2.50 bits per heavy atom. The highest BCUT2D eigenvalue weighted by Crippen LogP contribution is 2.45. The number of hydrogen-bond donors (Lipinski definition) is 1. The number of likely N-dealkylation sites (tertiary alicyclic amines) is 2. The molecule has 0 radical (unpaired) electrons. The van der Waals surface area contributed by atoms with Gasteiger partial charge in [0.25, 0.3) is 5.91 Å². The summed E-state index contributed by atoms with van der Waals surface area (Å²) in [7, 11) is 1.91. The summed E-state index contributed by atoms with van der Waals surface area (Å²) in [4.78, 5) is 32.1. The lowest BCUT2D eigenvalue weighted by Gasteiger charge is -2.49. The molecule has 1 aromatic heterocycles. The zero-order chi connectivity index (χ0) is 18.1. The van der Waals surface area contributed by atoms with Crippen molar-refractivity contribution in [3.63, 3.8) is 0 Å². The Morgan fingerprint density at radius 1 is 1.12 bits per heavy atom. The Kier molecular flexibility index (Phi) is 4.31. The van der Waals surface area contributed by atoms with Gasteiger partial charge in [-0.25, -0.2) is 0 Å². The van der Waals surface area contributed by atoms with E-state index in [0.29, 0.717) is 5.69 Å². The van der Waals surface area contributed by atoms with E-state index in [4.69, 9.17) is 0 Å². The third-order valence-electron chi connectivity index (χ3n) is 6.03. The number of aromatic amines is 1. The molecule has 4 rings (SSSR count). The SMILES string of the molecule is CN1CC2(CCN(C(=O)c3ccc[nH]3)CC2)CC(c2ccccc2)C1=O. The molecule has 1 atom stereocenters. The second-order valence-electron chi connectivity index (χ2n) is 7.74. The van der Waals surface area contributed by atoms with Crippen LogP contribution in [0, 0.1) is 5.41 Å². The summed E-state index contributed by atoms with van der Waals surface area (Å²) >= 11 is 0. The maximum absolute atomic E-state index is 12.7. The van der Waals surface area contributed by atoms with Gasteiger partial charge in [0.05, 0.1) is 5.92 Å². The van der Waals surface area contributed by atoms with Gasteiger partial charge in [-0.2, -0.15) is 0 Å². The van der Waals surface area contributed by atoms with Gasteiger partial charge >= 0.3 is 0 Å². The van der Waals surface area contributed by atoms with Gasteiger partial charge in [-0.05, 0) is 42.4 Å². The molecule has 0 bridgehead atoms. The van der Waals surface area contributed by atoms with Gasteiger partial charge in [0, 0.05) is 32.9 Å². The van der Waals surface area contributed by atoms with E-state index in [9.17, 15) is 9.59 Å². The molecule has 1 N–H and O–H groups in total. The number of piperidine rings is 2. The van der Waals surface area contributed by atoms with Gasteiger partial charge in [0.15, 0.2) is 0 Å². The normalized spacial score (nSPS) is 22.7. The Bertz CT molecular complexity index is 777. The first-order valence-corrected chi connectivity index (χ1v) is 9.31. The van der Waals surface area contributed by atoms with Crippen molar-refractivity contribution in [3.05, 3.63) is 59.9 Å². The molecule has 136 valence electrons. The van der Waals surface area contributed by atoms with Gasteiger partial charge in [-0.1, -0.05) is 30.3 Å². The second-order valence-corrected chi connectivity index (χ2v) is 7.74. The van der Waals surface area contributed by atoms with Crippen LogP contribution in [0.4, 0.5) is 0 Å². The van der Waals surface area contributed by atoms with E-state index >= 15 is 0 Å². The topological polar surface area (TPSA) is 56.4 Å². The van der Waals surface area contributed by atoms with E-state index in [1.54, 1.807) is 6.20 Å². The third-order valence-corrected chi connectivity index (χ3v) is 6.03. The Hall–Kier alpha value is -2.56. The van der Waals surface area contributed by atoms with Crippen LogP contribution in [0.5, 0.6) is 0 Å². The van der Waals surface area contributed by atoms with E-state index < -0.39 is 0 Å². The van der Waals surface area contributed by atoms with Crippen LogP contribution < -0.4 is 0 Å². The van der Waals surface area contributed by atoms with Crippen LogP contribution >= 0.6 is 0 Å². The number of carbonyl (C=O) groups is 2. The number of H-pyrrole nitrogens is 1. The third kappa shape index (κ3) is 3.02. The van der Waals surface area contributed by atoms with Crippen molar-refractivity contribution in [3.8, 4) is 0 Å². The predicted octanol–water partition coefficient (Wildman–Crippen LogP) is 2.88. The number of likely N-dealkylation sites (N-methyl/N-ethyl adjacent to an activating group) is 1. The number of nitrogens with zero attached hydrogens (tertiary/aromatic N) is 2. The highest BCUT2D eigenvalue weighted by atomic mass is 16.2. The van der Waals surface area contributed by atoms with Crippen LogP contribution in [0.1, 0.15) is 41.2 Å². The predicted molar refractivity (Wildman–Crippen MR) is 99.8 cm³/mol. The molecule has 1 spiro atoms. The number of carbonyl (C=O) groups excluding carboxylic acids is 2. The van der Waals surface area contributed by atoms with E-state index in [0.717, 1.165) is 44.5 Å². The Balaban J connectivity index is 1.49. The lowest BCUT2D eigenvalue weighted by atomic mass is 9.67. The molecule has 2 aliphatic rings. The first kappa shape index (κ1) is 16.9. The van der Waals surface area contributed by atoms with Crippen LogP contribution in [-0.4, -0.2) is 53.3 Å². The molecule has 1 unspecified atom stereocenters. The Morgan fingerprint density at radius 2 is 1.85 bits per heavy atom. The van der Waals surface area contributed by atoms with Crippen LogP contribution in [0.2, 0.25) is 0 Å². The smallest absolute Gasteiger partial charge is 0.270 e. The largest absolute Gasteiger partial charge is 0.357 e. The molecule has 0 aliphatic carbocycles. The lowest BCUT2D eigenvalue weighted by Crippen LogP contribution is -2.53. The van der Waals surface area contributed by atoms with Crippen molar-refractivity contribution in [1.82, 2.24) is 14.8 Å². The number of benzene rings is 1. The minimum Gasteiger partial charge on any atom is -0.357 e. The summed E-state index contributed by atoms with van der Waals surface area (Å²) in [6.45, 7) is 2.29. The fourth-order valence-corrected chi connectivity index (χ4v) is 4.56. The van der Waals surface area contributed by atoms with Crippen molar-refractivity contribution in [2.45, 2.75) is 25.2 Å². The lowest BCUT2D eigenvalue weighted by molar-refractivity contribution is -0.139. The van der Waals surface area contributed by atoms with E-state index in [2.05, 4.69) is 17.1 Å². The van der Waals surface area contributed by atoms with Gasteiger partial charge in [0.1, 0.15) is 5.69 Å². The van der Waals surface area contributed by atoms with Crippen molar-refractivity contribution in [1.29, 1.82) is 0 Å². The fourth-order valence-electron chi connectivity index (χ4n) is 4.56. The molecular formula is C21H25N3O2. The van der Waals surface area contributed by atoms with Gasteiger partial charge in [0.2, 0.25) is 5.91 Å². The van der Waals surface area contributed by atoms with Crippen LogP contribution in [0.15, 0.2) is 48.7 Å². The minimum absolute atomic E-state index is 0.0689. The molecule has 0 saturated carbocycles. The van der Waals surface area contributed by atoms with E-state index in [-0.39, 0.29) is 23.1 Å². The molecule has 5 heteroatoms. The van der Waals surface area contributed by atoms with Crippen molar-refractivity contribution < 1.29 is 9.59 Å². The molecule has 1 aromatic carbocycles. The maximum Gasteiger partial charge on any atom is 0.270 e. The summed E-state index contributed by atoms with van der Waals surface area (Å²) in [5, 5.41) is 0. The van der Waals surface area contributed by atoms with Crippen LogP contribution in [0.3, 0.4) is 0 Å². The number of nitrogens with one attached hydrogen (secondary N) is 1. The van der Waals surface area contributed by atoms with Crippen molar-refractivity contribution in [2.24, 2.45) is 5.41 Å². The molecule has 2 fully saturated rings. The van der Waals surface area contributed by atoms with Crippen LogP contribution in [0.25, 0.3) is 0 Å². The van der Waals surface area contributed by atoms with Crippen molar-refractivity contribution >= 4 is 11.8 Å². The molecular weight excluding hydrogens is 326 g/mol. The first-order chi connectivity index (χ1) is 12.6. The number of rotatable bonds is 2. The first-order valence-electron chi connectivity index (χ1n) is 9.31. The summed E-state index contributed by atoms with van der Waals surface area (Å²) in [6, 6.07) is 13.8. The zero-order valence-corrected chi connectivity index (χ0v) is 15.1. The highest BCUT2D eigenvalue weighted by Gasteiger charge is 2.45. The highest BCUT2D eigenvalue weighted by molar-refractivity contribution is 5.92. The van der Waals surface area contributed by atoms with Gasteiger partial charge in [-0.3, -0.25) is 9.59 Å². The average Bonchev–Trinajstić information content (AvgIpc) is 3.20. The molecule has 2 aliphatic heterocycles. The quantitative estimate of drug-likeness (QED) is 0.904. The number of amides is 2. The van der Waals surface area contributed by atoms with Gasteiger partial charge in [-0.15, -0.1) is 0 Å². The number of hydrogen-bond acceptors (Lipinski definition) is 2. The average molecular weight is 351 g/mol. The molecule has 5 nitrogen and oxygen atoms in total. The standard InChI is InChI=1S/C21H25N3O2/c1-23-15-21(14-17(19(23)25)16-6-3-2-4-7-16)9-12-24(13-10-21)20(26)18-8-5-11-22-18/h2-8,11,17,22H,9-10,12-15H2,1H3. The summed E-state index contributed by atoms with van der Waals surface area (Å²) in [5.41, 5.74) is 1.86. The molecule has 2 aromatic rings. The van der Waals surface area contributed by atoms with Gasteiger partial charge < -0.3 is 14.8 Å². The van der Waals surface area contributed by atoms with E-state index in [1.807, 2.05) is 47.2 Å². The molecule has 2 amide bonds. The molecule has 2 saturated heterocycles.